The Morgan fingerprint density at radius 1 is 0.914 bits per heavy atom. The Morgan fingerprint density at radius 2 is 1.63 bits per heavy atom. The average molecular weight is 467 g/mol. The van der Waals surface area contributed by atoms with Gasteiger partial charge in [-0.3, -0.25) is 4.79 Å². The summed E-state index contributed by atoms with van der Waals surface area (Å²) in [6.45, 7) is 7.13. The first-order valence-electron chi connectivity index (χ1n) is 12.5. The SMILES string of the molecule is Cc1ccc(Cc2nc(N3CCN(C(=O)C4CC4)CC3)c3c(C)nn(-c4ccccc4)c3n2)cc1. The number of carbonyl (C=O) groups is 1. The van der Waals surface area contributed by atoms with Crippen LogP contribution in [0.15, 0.2) is 54.6 Å². The first-order valence-corrected chi connectivity index (χ1v) is 12.5. The second kappa shape index (κ2) is 8.80. The molecule has 2 aromatic carbocycles. The number of carbonyl (C=O) groups excluding carboxylic acids is 1. The zero-order valence-electron chi connectivity index (χ0n) is 20.3. The molecule has 2 aromatic heterocycles. The van der Waals surface area contributed by atoms with Gasteiger partial charge in [0.2, 0.25) is 5.91 Å². The van der Waals surface area contributed by atoms with E-state index >= 15 is 0 Å². The number of fused-ring (bicyclic) bond motifs is 1. The summed E-state index contributed by atoms with van der Waals surface area (Å²) in [5.74, 6) is 2.30. The van der Waals surface area contributed by atoms with Gasteiger partial charge in [0.1, 0.15) is 11.6 Å². The molecule has 3 heterocycles. The normalized spacial score (nSPS) is 16.2. The minimum Gasteiger partial charge on any atom is -0.352 e. The van der Waals surface area contributed by atoms with Crippen molar-refractivity contribution in [3.05, 3.63) is 77.2 Å². The van der Waals surface area contributed by atoms with Crippen LogP contribution in [0.5, 0.6) is 0 Å². The maximum Gasteiger partial charge on any atom is 0.225 e. The van der Waals surface area contributed by atoms with E-state index in [4.69, 9.17) is 15.1 Å². The van der Waals surface area contributed by atoms with E-state index in [-0.39, 0.29) is 5.92 Å². The molecular formula is C28H30N6O. The molecule has 7 heteroatoms. The fraction of sp³-hybridized carbons (Fsp3) is 0.357. The molecule has 2 fully saturated rings. The maximum atomic E-state index is 12.6. The van der Waals surface area contributed by atoms with Gasteiger partial charge in [0, 0.05) is 38.5 Å². The molecule has 0 bridgehead atoms. The van der Waals surface area contributed by atoms with Gasteiger partial charge in [-0.15, -0.1) is 0 Å². The number of anilines is 1. The lowest BCUT2D eigenvalue weighted by molar-refractivity contribution is -0.132. The van der Waals surface area contributed by atoms with Crippen molar-refractivity contribution in [1.82, 2.24) is 24.6 Å². The highest BCUT2D eigenvalue weighted by atomic mass is 16.2. The Morgan fingerprint density at radius 3 is 2.31 bits per heavy atom. The fourth-order valence-corrected chi connectivity index (χ4v) is 4.88. The van der Waals surface area contributed by atoms with Crippen LogP contribution in [-0.2, 0) is 11.2 Å². The summed E-state index contributed by atoms with van der Waals surface area (Å²) in [4.78, 5) is 27.0. The number of amides is 1. The second-order valence-corrected chi connectivity index (χ2v) is 9.74. The number of hydrogen-bond acceptors (Lipinski definition) is 5. The number of hydrogen-bond donors (Lipinski definition) is 0. The minimum absolute atomic E-state index is 0.264. The molecule has 0 spiro atoms. The standard InChI is InChI=1S/C28H30N6O/c1-19-8-10-21(11-9-19)18-24-29-26(32-14-16-33(17-15-32)28(35)22-12-13-22)25-20(2)31-34(27(25)30-24)23-6-4-3-5-7-23/h3-11,22H,12-18H2,1-2H3. The van der Waals surface area contributed by atoms with Gasteiger partial charge >= 0.3 is 0 Å². The number of para-hydroxylation sites is 1. The van der Waals surface area contributed by atoms with Crippen LogP contribution in [0.3, 0.4) is 0 Å². The first-order chi connectivity index (χ1) is 17.1. The summed E-state index contributed by atoms with van der Waals surface area (Å²) in [5.41, 5.74) is 5.15. The van der Waals surface area contributed by atoms with Gasteiger partial charge in [0.15, 0.2) is 5.65 Å². The van der Waals surface area contributed by atoms with E-state index in [2.05, 4.69) is 48.2 Å². The summed E-state index contributed by atoms with van der Waals surface area (Å²) >= 11 is 0. The molecule has 0 unspecified atom stereocenters. The Balaban J connectivity index is 1.40. The van der Waals surface area contributed by atoms with Crippen molar-refractivity contribution in [3.63, 3.8) is 0 Å². The van der Waals surface area contributed by atoms with E-state index in [9.17, 15) is 4.79 Å². The van der Waals surface area contributed by atoms with E-state index in [1.54, 1.807) is 0 Å². The molecule has 1 aliphatic heterocycles. The van der Waals surface area contributed by atoms with Crippen molar-refractivity contribution in [3.8, 4) is 5.69 Å². The quantitative estimate of drug-likeness (QED) is 0.443. The van der Waals surface area contributed by atoms with Crippen LogP contribution >= 0.6 is 0 Å². The first kappa shape index (κ1) is 21.8. The van der Waals surface area contributed by atoms with E-state index in [0.29, 0.717) is 12.3 Å². The third-order valence-corrected chi connectivity index (χ3v) is 7.03. The highest BCUT2D eigenvalue weighted by Crippen LogP contribution is 2.33. The Bertz CT molecular complexity index is 1370. The molecular weight excluding hydrogens is 436 g/mol. The van der Waals surface area contributed by atoms with Crippen molar-refractivity contribution in [1.29, 1.82) is 0 Å². The number of aryl methyl sites for hydroxylation is 2. The molecule has 1 amide bonds. The molecule has 7 nitrogen and oxygen atoms in total. The average Bonchev–Trinajstić information content (AvgIpc) is 3.69. The smallest absolute Gasteiger partial charge is 0.225 e. The molecule has 1 saturated carbocycles. The van der Waals surface area contributed by atoms with Gasteiger partial charge in [-0.05, 0) is 44.4 Å². The van der Waals surface area contributed by atoms with Gasteiger partial charge in [-0.1, -0.05) is 48.0 Å². The molecule has 178 valence electrons. The molecule has 0 radical (unpaired) electrons. The van der Waals surface area contributed by atoms with E-state index in [1.807, 2.05) is 34.7 Å². The fourth-order valence-electron chi connectivity index (χ4n) is 4.88. The summed E-state index contributed by atoms with van der Waals surface area (Å²) in [6, 6.07) is 18.7. The van der Waals surface area contributed by atoms with Gasteiger partial charge in [-0.25, -0.2) is 14.6 Å². The van der Waals surface area contributed by atoms with Crippen LogP contribution < -0.4 is 4.90 Å². The van der Waals surface area contributed by atoms with Crippen molar-refractivity contribution >= 4 is 22.8 Å². The predicted molar refractivity (Wildman–Crippen MR) is 137 cm³/mol. The summed E-state index contributed by atoms with van der Waals surface area (Å²) in [5, 5.41) is 5.86. The molecule has 0 atom stereocenters. The third kappa shape index (κ3) is 4.27. The van der Waals surface area contributed by atoms with Gasteiger partial charge < -0.3 is 9.80 Å². The largest absolute Gasteiger partial charge is 0.352 e. The van der Waals surface area contributed by atoms with Gasteiger partial charge in [0.25, 0.3) is 0 Å². The zero-order chi connectivity index (χ0) is 23.9. The Hall–Kier alpha value is -3.74. The monoisotopic (exact) mass is 466 g/mol. The molecule has 6 rings (SSSR count). The van der Waals surface area contributed by atoms with Crippen molar-refractivity contribution in [2.75, 3.05) is 31.1 Å². The molecule has 0 N–H and O–H groups in total. The van der Waals surface area contributed by atoms with Crippen molar-refractivity contribution in [2.45, 2.75) is 33.1 Å². The lowest BCUT2D eigenvalue weighted by atomic mass is 10.1. The van der Waals surface area contributed by atoms with Crippen LogP contribution in [0.4, 0.5) is 5.82 Å². The predicted octanol–water partition coefficient (Wildman–Crippen LogP) is 4.08. The van der Waals surface area contributed by atoms with E-state index in [0.717, 1.165) is 73.1 Å². The van der Waals surface area contributed by atoms with E-state index < -0.39 is 0 Å². The highest BCUT2D eigenvalue weighted by molar-refractivity contribution is 5.91. The number of benzene rings is 2. The van der Waals surface area contributed by atoms with Crippen molar-refractivity contribution in [2.24, 2.45) is 5.92 Å². The van der Waals surface area contributed by atoms with Crippen molar-refractivity contribution < 1.29 is 4.79 Å². The van der Waals surface area contributed by atoms with Crippen LogP contribution in [0, 0.1) is 19.8 Å². The number of rotatable bonds is 5. The topological polar surface area (TPSA) is 67.2 Å². The highest BCUT2D eigenvalue weighted by Gasteiger charge is 2.35. The summed E-state index contributed by atoms with van der Waals surface area (Å²) in [6.07, 6.45) is 2.75. The van der Waals surface area contributed by atoms with Crippen LogP contribution in [-0.4, -0.2) is 56.7 Å². The molecule has 1 saturated heterocycles. The molecule has 4 aromatic rings. The maximum absolute atomic E-state index is 12.6. The number of nitrogens with zero attached hydrogens (tertiary/aromatic N) is 6. The zero-order valence-corrected chi connectivity index (χ0v) is 20.3. The van der Waals surface area contributed by atoms with Crippen LogP contribution in [0.1, 0.15) is 35.5 Å². The molecule has 35 heavy (non-hydrogen) atoms. The van der Waals surface area contributed by atoms with E-state index in [1.165, 1.54) is 11.1 Å². The lowest BCUT2D eigenvalue weighted by Crippen LogP contribution is -2.49. The van der Waals surface area contributed by atoms with Gasteiger partial charge in [-0.2, -0.15) is 5.10 Å². The van der Waals surface area contributed by atoms with Crippen LogP contribution in [0.25, 0.3) is 16.7 Å². The van der Waals surface area contributed by atoms with Crippen LogP contribution in [0.2, 0.25) is 0 Å². The van der Waals surface area contributed by atoms with Gasteiger partial charge in [0.05, 0.1) is 16.8 Å². The molecule has 2 aliphatic rings. The molecule has 1 aliphatic carbocycles. The lowest BCUT2D eigenvalue weighted by Gasteiger charge is -2.36. The summed E-state index contributed by atoms with van der Waals surface area (Å²) in [7, 11) is 0. The Kier molecular flexibility index (Phi) is 5.47. The Labute approximate surface area is 205 Å². The summed E-state index contributed by atoms with van der Waals surface area (Å²) < 4.78 is 1.93. The third-order valence-electron chi connectivity index (χ3n) is 7.03. The second-order valence-electron chi connectivity index (χ2n) is 9.74. The minimum atomic E-state index is 0.264. The number of piperazine rings is 1. The number of aromatic nitrogens is 4.